The van der Waals surface area contributed by atoms with Crippen molar-refractivity contribution in [2.45, 2.75) is 56.2 Å². The fourth-order valence-corrected chi connectivity index (χ4v) is 3.12. The second-order valence-corrected chi connectivity index (χ2v) is 6.22. The number of carbonyl (C=O) groups is 1. The highest BCUT2D eigenvalue weighted by molar-refractivity contribution is 7.99. The number of carboxylic acids is 1. The fourth-order valence-electron chi connectivity index (χ4n) is 2.13. The molecule has 0 spiro atoms. The van der Waals surface area contributed by atoms with Crippen molar-refractivity contribution in [2.24, 2.45) is 0 Å². The van der Waals surface area contributed by atoms with E-state index in [0.29, 0.717) is 15.8 Å². The minimum Gasteiger partial charge on any atom is -0.478 e. The quantitative estimate of drug-likeness (QED) is 0.846. The number of pyridine rings is 1. The van der Waals surface area contributed by atoms with E-state index in [1.165, 1.54) is 6.42 Å². The first-order chi connectivity index (χ1) is 8.61. The Labute approximate surface area is 112 Å². The molecule has 1 aliphatic carbocycles. The van der Waals surface area contributed by atoms with Gasteiger partial charge in [-0.15, -0.1) is 11.8 Å². The monoisotopic (exact) mass is 265 g/mol. The first kappa shape index (κ1) is 13.4. The van der Waals surface area contributed by atoms with Crippen molar-refractivity contribution in [3.05, 3.63) is 22.9 Å². The summed E-state index contributed by atoms with van der Waals surface area (Å²) in [5.41, 5.74) is 2.62. The van der Waals surface area contributed by atoms with Gasteiger partial charge in [-0.25, -0.2) is 9.78 Å². The van der Waals surface area contributed by atoms with Crippen molar-refractivity contribution in [1.29, 1.82) is 0 Å². The van der Waals surface area contributed by atoms with Crippen LogP contribution in [0.4, 0.5) is 0 Å². The van der Waals surface area contributed by atoms with Gasteiger partial charge in [0, 0.05) is 10.9 Å². The molecule has 0 radical (unpaired) electrons. The number of rotatable bonds is 4. The number of thioether (sulfide) groups is 1. The molecule has 1 aromatic heterocycles. The Kier molecular flexibility index (Phi) is 4.27. The van der Waals surface area contributed by atoms with Crippen LogP contribution in [0.2, 0.25) is 0 Å². The molecule has 1 N–H and O–H groups in total. The highest BCUT2D eigenvalue weighted by atomic mass is 32.2. The normalized spacial score (nSPS) is 16.1. The van der Waals surface area contributed by atoms with Crippen LogP contribution in [0, 0.1) is 0 Å². The van der Waals surface area contributed by atoms with Gasteiger partial charge in [-0.3, -0.25) is 0 Å². The van der Waals surface area contributed by atoms with Crippen LogP contribution in [-0.2, 0) is 12.8 Å². The van der Waals surface area contributed by atoms with Crippen LogP contribution >= 0.6 is 11.8 Å². The topological polar surface area (TPSA) is 50.2 Å². The number of hydrogen-bond acceptors (Lipinski definition) is 3. The summed E-state index contributed by atoms with van der Waals surface area (Å²) in [4.78, 5) is 15.9. The first-order valence-corrected chi connectivity index (χ1v) is 7.42. The molecule has 98 valence electrons. The van der Waals surface area contributed by atoms with Crippen molar-refractivity contribution in [1.82, 2.24) is 4.98 Å². The molecule has 0 aliphatic heterocycles. The summed E-state index contributed by atoms with van der Waals surface area (Å²) in [5, 5.41) is 10.4. The molecule has 0 saturated carbocycles. The summed E-state index contributed by atoms with van der Waals surface area (Å²) in [6, 6.07) is 1.84. The molecular formula is C14H19NO2S. The Bertz CT molecular complexity index is 459. The molecule has 1 heterocycles. The van der Waals surface area contributed by atoms with Crippen LogP contribution in [0.1, 0.15) is 54.7 Å². The summed E-state index contributed by atoms with van der Waals surface area (Å²) in [6.45, 7) is 4.22. The van der Waals surface area contributed by atoms with Crippen molar-refractivity contribution >= 4 is 17.7 Å². The number of nitrogens with zero attached hydrogens (tertiary/aromatic N) is 1. The number of carboxylic acid groups (broad SMARTS) is 1. The zero-order valence-electron chi connectivity index (χ0n) is 10.9. The maximum absolute atomic E-state index is 11.3. The van der Waals surface area contributed by atoms with Gasteiger partial charge in [0.2, 0.25) is 0 Å². The molecule has 4 heteroatoms. The molecule has 1 aromatic rings. The molecule has 0 fully saturated rings. The third-order valence-electron chi connectivity index (χ3n) is 3.38. The fraction of sp³-hybridized carbons (Fsp3) is 0.571. The molecule has 0 amide bonds. The molecule has 0 bridgehead atoms. The van der Waals surface area contributed by atoms with Gasteiger partial charge in [-0.2, -0.15) is 0 Å². The molecule has 1 aliphatic rings. The largest absolute Gasteiger partial charge is 0.478 e. The van der Waals surface area contributed by atoms with E-state index in [2.05, 4.69) is 18.8 Å². The minimum absolute atomic E-state index is 0.376. The van der Waals surface area contributed by atoms with Gasteiger partial charge in [0.15, 0.2) is 0 Å². The highest BCUT2D eigenvalue weighted by Crippen LogP contribution is 2.30. The van der Waals surface area contributed by atoms with Crippen LogP contribution < -0.4 is 0 Å². The van der Waals surface area contributed by atoms with Gasteiger partial charge < -0.3 is 5.11 Å². The van der Waals surface area contributed by atoms with Crippen molar-refractivity contribution in [2.75, 3.05) is 0 Å². The van der Waals surface area contributed by atoms with Crippen LogP contribution in [0.3, 0.4) is 0 Å². The van der Waals surface area contributed by atoms with Crippen LogP contribution in [-0.4, -0.2) is 21.3 Å². The zero-order valence-corrected chi connectivity index (χ0v) is 11.7. The molecule has 0 aromatic carbocycles. The highest BCUT2D eigenvalue weighted by Gasteiger charge is 2.20. The molecule has 1 unspecified atom stereocenters. The summed E-state index contributed by atoms with van der Waals surface area (Å²) in [5.74, 6) is -0.860. The first-order valence-electron chi connectivity index (χ1n) is 6.54. The lowest BCUT2D eigenvalue weighted by Crippen LogP contribution is -2.11. The predicted molar refractivity (Wildman–Crippen MR) is 73.4 cm³/mol. The molecule has 3 nitrogen and oxygen atoms in total. The van der Waals surface area contributed by atoms with Crippen molar-refractivity contribution < 1.29 is 9.90 Å². The molecule has 1 atom stereocenters. The van der Waals surface area contributed by atoms with Crippen LogP contribution in [0.25, 0.3) is 0 Å². The average Bonchev–Trinajstić information content (AvgIpc) is 2.37. The van der Waals surface area contributed by atoms with Gasteiger partial charge in [0.05, 0.1) is 5.56 Å². The van der Waals surface area contributed by atoms with Gasteiger partial charge >= 0.3 is 5.97 Å². The number of aromatic carboxylic acids is 1. The smallest absolute Gasteiger partial charge is 0.338 e. The summed E-state index contributed by atoms with van der Waals surface area (Å²) in [7, 11) is 0. The maximum Gasteiger partial charge on any atom is 0.338 e. The van der Waals surface area contributed by atoms with Crippen molar-refractivity contribution in [3.63, 3.8) is 0 Å². The van der Waals surface area contributed by atoms with E-state index in [4.69, 9.17) is 0 Å². The third kappa shape index (κ3) is 2.86. The van der Waals surface area contributed by atoms with E-state index >= 15 is 0 Å². The lowest BCUT2D eigenvalue weighted by molar-refractivity contribution is 0.0692. The second-order valence-electron chi connectivity index (χ2n) is 4.80. The standard InChI is InChI=1S/C14H19NO2S/c1-3-9(2)18-13-11(14(16)17)8-10-6-4-5-7-12(10)15-13/h8-9H,3-7H2,1-2H3,(H,16,17). The van der Waals surface area contributed by atoms with Crippen LogP contribution in [0.15, 0.2) is 11.1 Å². The summed E-state index contributed by atoms with van der Waals surface area (Å²) in [6.07, 6.45) is 5.29. The van der Waals surface area contributed by atoms with Crippen molar-refractivity contribution in [3.8, 4) is 0 Å². The second kappa shape index (κ2) is 5.74. The van der Waals surface area contributed by atoms with E-state index < -0.39 is 5.97 Å². The molecule has 18 heavy (non-hydrogen) atoms. The number of aryl methyl sites for hydroxylation is 2. The molecular weight excluding hydrogens is 246 g/mol. The predicted octanol–water partition coefficient (Wildman–Crippen LogP) is 3.55. The van der Waals surface area contributed by atoms with E-state index in [0.717, 1.165) is 36.9 Å². The van der Waals surface area contributed by atoms with E-state index in [-0.39, 0.29) is 0 Å². The van der Waals surface area contributed by atoms with Gasteiger partial charge in [0.1, 0.15) is 5.03 Å². The van der Waals surface area contributed by atoms with E-state index in [1.54, 1.807) is 11.8 Å². The Morgan fingerprint density at radius 2 is 2.22 bits per heavy atom. The lowest BCUT2D eigenvalue weighted by atomic mass is 9.95. The Balaban J connectivity index is 2.39. The molecule has 2 rings (SSSR count). The Morgan fingerprint density at radius 1 is 1.50 bits per heavy atom. The average molecular weight is 265 g/mol. The summed E-state index contributed by atoms with van der Waals surface area (Å²) >= 11 is 1.58. The lowest BCUT2D eigenvalue weighted by Gasteiger charge is -2.18. The van der Waals surface area contributed by atoms with Gasteiger partial charge in [-0.05, 0) is 43.7 Å². The third-order valence-corrected chi connectivity index (χ3v) is 4.65. The van der Waals surface area contributed by atoms with E-state index in [9.17, 15) is 9.90 Å². The van der Waals surface area contributed by atoms with E-state index in [1.807, 2.05) is 6.07 Å². The number of aromatic nitrogens is 1. The Morgan fingerprint density at radius 3 is 2.89 bits per heavy atom. The zero-order chi connectivity index (χ0) is 13.1. The van der Waals surface area contributed by atoms with Gasteiger partial charge in [0.25, 0.3) is 0 Å². The Hall–Kier alpha value is -1.03. The minimum atomic E-state index is -0.860. The van der Waals surface area contributed by atoms with Gasteiger partial charge in [-0.1, -0.05) is 13.8 Å². The SMILES string of the molecule is CCC(C)Sc1nc2c(cc1C(=O)O)CCCC2. The van der Waals surface area contributed by atoms with Crippen LogP contribution in [0.5, 0.6) is 0 Å². The molecule has 0 saturated heterocycles. The maximum atomic E-state index is 11.3. The number of fused-ring (bicyclic) bond motifs is 1. The summed E-state index contributed by atoms with van der Waals surface area (Å²) < 4.78 is 0. The number of hydrogen-bond donors (Lipinski definition) is 1.